The highest BCUT2D eigenvalue weighted by Gasteiger charge is 2.49. The zero-order valence-corrected chi connectivity index (χ0v) is 13.7. The molecule has 2 aliphatic heterocycles. The fraction of sp³-hybridized carbons (Fsp3) is 1.00. The van der Waals surface area contributed by atoms with Gasteiger partial charge in [0.25, 0.3) is 0 Å². The maximum atomic E-state index is 10.0. The Morgan fingerprint density at radius 3 is 1.62 bits per heavy atom. The fourth-order valence-electron chi connectivity index (χ4n) is 2.89. The summed E-state index contributed by atoms with van der Waals surface area (Å²) in [5.74, 6) is 0. The van der Waals surface area contributed by atoms with Crippen molar-refractivity contribution in [1.29, 1.82) is 0 Å². The van der Waals surface area contributed by atoms with Gasteiger partial charge in [-0.1, -0.05) is 0 Å². The molecule has 2 fully saturated rings. The van der Waals surface area contributed by atoms with Gasteiger partial charge in [0, 0.05) is 0 Å². The van der Waals surface area contributed by atoms with Gasteiger partial charge in [0.05, 0.1) is 12.7 Å². The lowest BCUT2D eigenvalue weighted by atomic mass is 9.81. The summed E-state index contributed by atoms with van der Waals surface area (Å²) in [5.41, 5.74) is 0. The van der Waals surface area contributed by atoms with E-state index in [0.29, 0.717) is 0 Å². The van der Waals surface area contributed by atoms with Crippen molar-refractivity contribution in [3.05, 3.63) is 0 Å². The summed E-state index contributed by atoms with van der Waals surface area (Å²) in [6.07, 6.45) is -15.9. The summed E-state index contributed by atoms with van der Waals surface area (Å²) in [6.45, 7) is -0.683. The SMILES string of the molecule is OC[C@H]1O[C@H](O[C@H]2O[C@H](CCB(O)O)[C@@H](O)[C@H](O)[C@H]2O)[C@H](O)[C@@H](O)[C@@H]1O. The molecule has 13 heteroatoms. The Bertz CT molecular complexity index is 439. The van der Waals surface area contributed by atoms with Crippen LogP contribution in [0.2, 0.25) is 6.32 Å². The van der Waals surface area contributed by atoms with Crippen LogP contribution < -0.4 is 0 Å². The molecule has 0 unspecified atom stereocenters. The monoisotopic (exact) mass is 384 g/mol. The third kappa shape index (κ3) is 4.70. The summed E-state index contributed by atoms with van der Waals surface area (Å²) < 4.78 is 15.7. The quantitative estimate of drug-likeness (QED) is 0.196. The highest BCUT2D eigenvalue weighted by Crippen LogP contribution is 2.29. The van der Waals surface area contributed by atoms with Gasteiger partial charge in [-0.2, -0.15) is 0 Å². The molecular weight excluding hydrogens is 359 g/mol. The zero-order chi connectivity index (χ0) is 19.6. The number of aliphatic hydroxyl groups is 7. The van der Waals surface area contributed by atoms with Crippen molar-refractivity contribution in [2.24, 2.45) is 0 Å². The average Bonchev–Trinajstić information content (AvgIpc) is 2.61. The molecule has 0 aliphatic carbocycles. The molecule has 0 aromatic rings. The highest BCUT2D eigenvalue weighted by atomic mass is 16.8. The van der Waals surface area contributed by atoms with Crippen LogP contribution in [0.4, 0.5) is 0 Å². The van der Waals surface area contributed by atoms with Crippen LogP contribution in [0.3, 0.4) is 0 Å². The molecule has 2 saturated heterocycles. The van der Waals surface area contributed by atoms with E-state index in [9.17, 15) is 30.6 Å². The first kappa shape index (κ1) is 21.9. The minimum atomic E-state index is -1.75. The van der Waals surface area contributed by atoms with Crippen LogP contribution in [-0.4, -0.2) is 121 Å². The first-order chi connectivity index (χ1) is 12.2. The van der Waals surface area contributed by atoms with Gasteiger partial charge in [-0.3, -0.25) is 0 Å². The molecule has 2 aliphatic rings. The second-order valence-corrected chi connectivity index (χ2v) is 6.41. The van der Waals surface area contributed by atoms with Crippen molar-refractivity contribution >= 4 is 7.12 Å². The van der Waals surface area contributed by atoms with Crippen LogP contribution in [0.5, 0.6) is 0 Å². The number of rotatable bonds is 6. The van der Waals surface area contributed by atoms with E-state index < -0.39 is 75.1 Å². The highest BCUT2D eigenvalue weighted by molar-refractivity contribution is 6.40. The van der Waals surface area contributed by atoms with Gasteiger partial charge in [-0.15, -0.1) is 0 Å². The van der Waals surface area contributed by atoms with Crippen LogP contribution >= 0.6 is 0 Å². The zero-order valence-electron chi connectivity index (χ0n) is 13.7. The molecule has 0 saturated carbocycles. The molecule has 0 amide bonds. The third-order valence-corrected chi connectivity index (χ3v) is 4.49. The standard InChI is InChI=1S/C13H25BO12/c15-3-5-7(17)9(19)11(21)13(25-5)26-12-10(20)8(18)6(16)4(24-12)1-2-14(22)23/h4-13,15-23H,1-3H2/t4-,5-,6-,7-,8+,9+,10-,11-,12-,13-/m1/s1. The number of ether oxygens (including phenoxy) is 3. The number of hydrogen-bond donors (Lipinski definition) is 9. The van der Waals surface area contributed by atoms with Gasteiger partial charge < -0.3 is 60.0 Å². The van der Waals surface area contributed by atoms with Gasteiger partial charge >= 0.3 is 7.12 Å². The topological polar surface area (TPSA) is 210 Å². The molecule has 0 aromatic carbocycles. The van der Waals surface area contributed by atoms with Crippen molar-refractivity contribution in [1.82, 2.24) is 0 Å². The first-order valence-electron chi connectivity index (χ1n) is 8.19. The number of hydrogen-bond acceptors (Lipinski definition) is 12. The molecule has 12 nitrogen and oxygen atoms in total. The van der Waals surface area contributed by atoms with Gasteiger partial charge in [0.2, 0.25) is 0 Å². The van der Waals surface area contributed by atoms with E-state index in [2.05, 4.69) is 0 Å². The number of aliphatic hydroxyl groups excluding tert-OH is 7. The van der Waals surface area contributed by atoms with Gasteiger partial charge in [0.1, 0.15) is 42.7 Å². The first-order valence-corrected chi connectivity index (χ1v) is 8.19. The van der Waals surface area contributed by atoms with Gasteiger partial charge in [-0.05, 0) is 12.7 Å². The minimum Gasteiger partial charge on any atom is -0.427 e. The summed E-state index contributed by atoms with van der Waals surface area (Å²) >= 11 is 0. The lowest BCUT2D eigenvalue weighted by Gasteiger charge is -2.44. The van der Waals surface area contributed by atoms with E-state index >= 15 is 0 Å². The predicted octanol–water partition coefficient (Wildman–Crippen LogP) is -5.53. The predicted molar refractivity (Wildman–Crippen MR) is 81.1 cm³/mol. The molecule has 0 spiro atoms. The maximum Gasteiger partial charge on any atom is 0.451 e. The Hall–Kier alpha value is -0.415. The van der Waals surface area contributed by atoms with Crippen molar-refractivity contribution in [3.63, 3.8) is 0 Å². The smallest absolute Gasteiger partial charge is 0.427 e. The Morgan fingerprint density at radius 2 is 1.15 bits per heavy atom. The largest absolute Gasteiger partial charge is 0.451 e. The summed E-state index contributed by atoms with van der Waals surface area (Å²) in [4.78, 5) is 0. The van der Waals surface area contributed by atoms with Crippen molar-refractivity contribution in [2.45, 2.75) is 74.2 Å². The summed E-state index contributed by atoms with van der Waals surface area (Å²) in [5, 5.41) is 86.2. The van der Waals surface area contributed by atoms with Crippen molar-refractivity contribution in [3.8, 4) is 0 Å². The van der Waals surface area contributed by atoms with Gasteiger partial charge in [-0.25, -0.2) is 0 Å². The second-order valence-electron chi connectivity index (χ2n) is 6.41. The van der Waals surface area contributed by atoms with E-state index in [1.54, 1.807) is 0 Å². The second kappa shape index (κ2) is 9.19. The third-order valence-electron chi connectivity index (χ3n) is 4.49. The minimum absolute atomic E-state index is 0.0862. The Balaban J connectivity index is 2.05. The van der Waals surface area contributed by atoms with Crippen LogP contribution in [0.1, 0.15) is 6.42 Å². The van der Waals surface area contributed by atoms with E-state index in [-0.39, 0.29) is 12.7 Å². The molecule has 10 atom stereocenters. The van der Waals surface area contributed by atoms with Crippen molar-refractivity contribution < 1.29 is 60.0 Å². The molecule has 152 valence electrons. The lowest BCUT2D eigenvalue weighted by molar-refractivity contribution is -0.375. The van der Waals surface area contributed by atoms with E-state index in [0.717, 1.165) is 0 Å². The lowest BCUT2D eigenvalue weighted by Crippen LogP contribution is -2.63. The van der Waals surface area contributed by atoms with E-state index in [1.807, 2.05) is 0 Å². The molecule has 9 N–H and O–H groups in total. The van der Waals surface area contributed by atoms with Crippen LogP contribution in [-0.2, 0) is 14.2 Å². The molecule has 26 heavy (non-hydrogen) atoms. The molecular formula is C13H25BO12. The normalized spacial score (nSPS) is 47.0. The molecule has 0 radical (unpaired) electrons. The van der Waals surface area contributed by atoms with E-state index in [1.165, 1.54) is 0 Å². The fourth-order valence-corrected chi connectivity index (χ4v) is 2.89. The molecule has 0 aromatic heterocycles. The van der Waals surface area contributed by atoms with Crippen LogP contribution in [0, 0.1) is 0 Å². The van der Waals surface area contributed by atoms with Gasteiger partial charge in [0.15, 0.2) is 12.6 Å². The molecule has 2 rings (SSSR count). The molecule has 0 bridgehead atoms. The van der Waals surface area contributed by atoms with Crippen LogP contribution in [0.25, 0.3) is 0 Å². The summed E-state index contributed by atoms with van der Waals surface area (Å²) in [6, 6.07) is 0. The van der Waals surface area contributed by atoms with Crippen LogP contribution in [0.15, 0.2) is 0 Å². The average molecular weight is 384 g/mol. The maximum absolute atomic E-state index is 10.0. The molecule has 2 heterocycles. The Labute approximate surface area is 148 Å². The Morgan fingerprint density at radius 1 is 0.692 bits per heavy atom. The Kier molecular flexibility index (Phi) is 7.73. The summed E-state index contributed by atoms with van der Waals surface area (Å²) in [7, 11) is -1.67. The van der Waals surface area contributed by atoms with E-state index in [4.69, 9.17) is 29.4 Å². The van der Waals surface area contributed by atoms with Crippen molar-refractivity contribution in [2.75, 3.05) is 6.61 Å².